The number of hydrogen-bond acceptors (Lipinski definition) is 3. The van der Waals surface area contributed by atoms with Crippen LogP contribution in [0.4, 0.5) is 5.69 Å². The number of halogens is 2. The monoisotopic (exact) mass is 403 g/mol. The lowest BCUT2D eigenvalue weighted by Crippen LogP contribution is -2.25. The number of hydrogen-bond donors (Lipinski definition) is 0. The van der Waals surface area contributed by atoms with Crippen LogP contribution in [0.3, 0.4) is 0 Å². The van der Waals surface area contributed by atoms with Crippen LogP contribution >= 0.6 is 43.2 Å². The summed E-state index contributed by atoms with van der Waals surface area (Å²) in [5.74, 6) is 0.711. The van der Waals surface area contributed by atoms with E-state index in [-0.39, 0.29) is 5.91 Å². The molecule has 19 heavy (non-hydrogen) atoms. The Hall–Kier alpha value is -0.850. The molecule has 0 atom stereocenters. The topological polar surface area (TPSA) is 29.5 Å². The Morgan fingerprint density at radius 3 is 2.37 bits per heavy atom. The van der Waals surface area contributed by atoms with Crippen molar-refractivity contribution >= 4 is 54.8 Å². The number of carbonyl (C=O) groups is 1. The van der Waals surface area contributed by atoms with Crippen LogP contribution in [0.1, 0.15) is 10.4 Å². The Morgan fingerprint density at radius 2 is 1.89 bits per heavy atom. The summed E-state index contributed by atoms with van der Waals surface area (Å²) < 4.78 is 6.85. The van der Waals surface area contributed by atoms with E-state index in [1.165, 1.54) is 11.3 Å². The minimum Gasteiger partial charge on any atom is -0.497 e. The second kappa shape index (κ2) is 6.07. The van der Waals surface area contributed by atoms with Crippen LogP contribution in [0, 0.1) is 0 Å². The van der Waals surface area contributed by atoms with Crippen molar-refractivity contribution in [3.63, 3.8) is 0 Å². The molecular weight excluding hydrogens is 394 g/mol. The van der Waals surface area contributed by atoms with E-state index in [1.54, 1.807) is 19.1 Å². The Balaban J connectivity index is 2.25. The van der Waals surface area contributed by atoms with E-state index in [9.17, 15) is 4.79 Å². The summed E-state index contributed by atoms with van der Waals surface area (Å²) in [5.41, 5.74) is 1.47. The number of amides is 1. The fraction of sp³-hybridized carbons (Fsp3) is 0.154. The zero-order valence-electron chi connectivity index (χ0n) is 10.3. The Morgan fingerprint density at radius 1 is 1.26 bits per heavy atom. The standard InChI is InChI=1S/C13H11Br2NO2S/c1-16(8-3-5-9(18-2)6-4-8)13(17)10-7-11(14)19-12(10)15/h3-7H,1-2H3. The predicted molar refractivity (Wildman–Crippen MR) is 85.4 cm³/mol. The second-order valence-electron chi connectivity index (χ2n) is 3.80. The highest BCUT2D eigenvalue weighted by molar-refractivity contribution is 9.12. The van der Waals surface area contributed by atoms with Gasteiger partial charge in [-0.15, -0.1) is 11.3 Å². The van der Waals surface area contributed by atoms with Crippen LogP contribution < -0.4 is 9.64 Å². The summed E-state index contributed by atoms with van der Waals surface area (Å²) in [7, 11) is 3.37. The average Bonchev–Trinajstić information content (AvgIpc) is 2.76. The zero-order chi connectivity index (χ0) is 14.0. The summed E-state index contributed by atoms with van der Waals surface area (Å²) >= 11 is 8.26. The van der Waals surface area contributed by atoms with Gasteiger partial charge in [-0.1, -0.05) is 0 Å². The largest absolute Gasteiger partial charge is 0.497 e. The summed E-state index contributed by atoms with van der Waals surface area (Å²) in [6.07, 6.45) is 0. The van der Waals surface area contributed by atoms with E-state index in [0.717, 1.165) is 19.0 Å². The van der Waals surface area contributed by atoms with Crippen LogP contribution in [-0.4, -0.2) is 20.1 Å². The fourth-order valence-corrected chi connectivity index (χ4v) is 4.37. The van der Waals surface area contributed by atoms with Crippen molar-refractivity contribution in [1.82, 2.24) is 0 Å². The SMILES string of the molecule is COc1ccc(N(C)C(=O)c2cc(Br)sc2Br)cc1. The summed E-state index contributed by atoms with van der Waals surface area (Å²) in [6, 6.07) is 9.19. The molecule has 1 amide bonds. The number of anilines is 1. The van der Waals surface area contributed by atoms with E-state index in [1.807, 2.05) is 30.3 Å². The van der Waals surface area contributed by atoms with Gasteiger partial charge in [0, 0.05) is 12.7 Å². The molecule has 0 aliphatic carbocycles. The van der Waals surface area contributed by atoms with E-state index in [4.69, 9.17) is 4.74 Å². The molecule has 0 bridgehead atoms. The van der Waals surface area contributed by atoms with Crippen molar-refractivity contribution in [2.24, 2.45) is 0 Å². The third kappa shape index (κ3) is 3.19. The van der Waals surface area contributed by atoms with Gasteiger partial charge in [0.1, 0.15) is 5.75 Å². The van der Waals surface area contributed by atoms with E-state index in [2.05, 4.69) is 31.9 Å². The van der Waals surface area contributed by atoms with Gasteiger partial charge >= 0.3 is 0 Å². The molecule has 3 nitrogen and oxygen atoms in total. The highest BCUT2D eigenvalue weighted by Crippen LogP contribution is 2.33. The van der Waals surface area contributed by atoms with Gasteiger partial charge < -0.3 is 9.64 Å². The van der Waals surface area contributed by atoms with Gasteiger partial charge in [-0.25, -0.2) is 0 Å². The third-order valence-electron chi connectivity index (χ3n) is 2.65. The quantitative estimate of drug-likeness (QED) is 0.750. The lowest BCUT2D eigenvalue weighted by atomic mass is 10.2. The maximum absolute atomic E-state index is 12.4. The molecule has 1 aromatic heterocycles. The van der Waals surface area contributed by atoms with Gasteiger partial charge in [0.2, 0.25) is 0 Å². The van der Waals surface area contributed by atoms with E-state index < -0.39 is 0 Å². The van der Waals surface area contributed by atoms with Crippen molar-refractivity contribution in [2.45, 2.75) is 0 Å². The molecule has 0 fully saturated rings. The van der Waals surface area contributed by atoms with Gasteiger partial charge in [-0.2, -0.15) is 0 Å². The van der Waals surface area contributed by atoms with Crippen molar-refractivity contribution in [2.75, 3.05) is 19.1 Å². The minimum atomic E-state index is -0.0565. The number of rotatable bonds is 3. The van der Waals surface area contributed by atoms with Gasteiger partial charge in [-0.3, -0.25) is 4.79 Å². The number of methoxy groups -OCH3 is 1. The van der Waals surface area contributed by atoms with Crippen LogP contribution in [0.5, 0.6) is 5.75 Å². The Kier molecular flexibility index (Phi) is 4.65. The molecule has 0 saturated heterocycles. The molecule has 0 unspecified atom stereocenters. The normalized spacial score (nSPS) is 10.3. The lowest BCUT2D eigenvalue weighted by molar-refractivity contribution is 0.0993. The van der Waals surface area contributed by atoms with Crippen LogP contribution in [0.15, 0.2) is 37.9 Å². The second-order valence-corrected chi connectivity index (χ2v) is 7.55. The van der Waals surface area contributed by atoms with Gasteiger partial charge in [0.25, 0.3) is 5.91 Å². The zero-order valence-corrected chi connectivity index (χ0v) is 14.3. The van der Waals surface area contributed by atoms with Crippen molar-refractivity contribution in [3.05, 3.63) is 43.5 Å². The lowest BCUT2D eigenvalue weighted by Gasteiger charge is -2.17. The highest BCUT2D eigenvalue weighted by atomic mass is 79.9. The molecule has 0 aliphatic heterocycles. The molecule has 2 rings (SSSR count). The molecule has 0 radical (unpaired) electrons. The fourth-order valence-electron chi connectivity index (χ4n) is 1.59. The maximum atomic E-state index is 12.4. The molecule has 100 valence electrons. The Bertz CT molecular complexity index is 595. The highest BCUT2D eigenvalue weighted by Gasteiger charge is 2.18. The first-order valence-corrected chi connectivity index (χ1v) is 7.80. The van der Waals surface area contributed by atoms with Crippen LogP contribution in [0.25, 0.3) is 0 Å². The first-order valence-electron chi connectivity index (χ1n) is 5.40. The number of ether oxygens (including phenoxy) is 1. The van der Waals surface area contributed by atoms with Gasteiger partial charge in [0.15, 0.2) is 0 Å². The number of benzene rings is 1. The smallest absolute Gasteiger partial charge is 0.260 e. The average molecular weight is 405 g/mol. The molecule has 2 aromatic rings. The maximum Gasteiger partial charge on any atom is 0.260 e. The Labute approximate surface area is 132 Å². The molecule has 0 saturated carbocycles. The molecule has 1 heterocycles. The van der Waals surface area contributed by atoms with E-state index >= 15 is 0 Å². The van der Waals surface area contributed by atoms with E-state index in [0.29, 0.717) is 5.56 Å². The van der Waals surface area contributed by atoms with Crippen molar-refractivity contribution < 1.29 is 9.53 Å². The number of nitrogens with zero attached hydrogens (tertiary/aromatic N) is 1. The van der Waals surface area contributed by atoms with Gasteiger partial charge in [0.05, 0.1) is 20.2 Å². The predicted octanol–water partition coefficient (Wildman–Crippen LogP) is 4.56. The number of thiophene rings is 1. The molecule has 1 aromatic carbocycles. The summed E-state index contributed by atoms with van der Waals surface area (Å²) in [5, 5.41) is 0. The van der Waals surface area contributed by atoms with Crippen LogP contribution in [0.2, 0.25) is 0 Å². The minimum absolute atomic E-state index is 0.0565. The summed E-state index contributed by atoms with van der Waals surface area (Å²) in [6.45, 7) is 0. The summed E-state index contributed by atoms with van der Waals surface area (Å²) in [4.78, 5) is 14.0. The van der Waals surface area contributed by atoms with Crippen LogP contribution in [-0.2, 0) is 0 Å². The molecule has 0 spiro atoms. The third-order valence-corrected chi connectivity index (χ3v) is 4.99. The van der Waals surface area contributed by atoms with Gasteiger partial charge in [-0.05, 0) is 62.2 Å². The van der Waals surface area contributed by atoms with Crippen molar-refractivity contribution in [3.8, 4) is 5.75 Å². The van der Waals surface area contributed by atoms with Crippen molar-refractivity contribution in [1.29, 1.82) is 0 Å². The number of carbonyl (C=O) groups excluding carboxylic acids is 1. The molecule has 6 heteroatoms. The molecule has 0 N–H and O–H groups in total. The first-order chi connectivity index (χ1) is 9.02. The first kappa shape index (κ1) is 14.6. The molecular formula is C13H11Br2NO2S. The molecule has 0 aliphatic rings.